The molecule has 1 amide bonds. The molecule has 0 aliphatic heterocycles. The van der Waals surface area contributed by atoms with Crippen LogP contribution in [0.25, 0.3) is 11.6 Å². The summed E-state index contributed by atoms with van der Waals surface area (Å²) in [7, 11) is 0. The lowest BCUT2D eigenvalue weighted by molar-refractivity contribution is -0.129. The molecular formula is C18H24N4O2S. The van der Waals surface area contributed by atoms with Crippen LogP contribution in [0, 0.1) is 5.92 Å². The van der Waals surface area contributed by atoms with Crippen LogP contribution in [0.1, 0.15) is 26.7 Å². The smallest absolute Gasteiger partial charge is 0.233 e. The van der Waals surface area contributed by atoms with E-state index in [0.29, 0.717) is 41.0 Å². The van der Waals surface area contributed by atoms with Crippen molar-refractivity contribution in [1.29, 1.82) is 0 Å². The number of amides is 1. The van der Waals surface area contributed by atoms with Crippen molar-refractivity contribution >= 4 is 17.7 Å². The first-order valence-electron chi connectivity index (χ1n) is 8.60. The number of carbonyl (C=O) groups excluding carboxylic acids is 1. The van der Waals surface area contributed by atoms with Gasteiger partial charge in [-0.3, -0.25) is 9.36 Å². The van der Waals surface area contributed by atoms with Gasteiger partial charge in [-0.05, 0) is 30.9 Å². The highest BCUT2D eigenvalue weighted by Gasteiger charge is 2.32. The van der Waals surface area contributed by atoms with Crippen LogP contribution in [-0.2, 0) is 11.3 Å². The van der Waals surface area contributed by atoms with Crippen LogP contribution in [0.4, 0.5) is 0 Å². The number of thioether (sulfide) groups is 1. The maximum Gasteiger partial charge on any atom is 0.233 e. The minimum Gasteiger partial charge on any atom is -0.461 e. The molecule has 2 aromatic rings. The minimum atomic E-state index is 0.175. The SMILES string of the molecule is C=CCn1c(SCC(=O)N(CC(C)C)C2CC2)nnc1-c1ccco1. The van der Waals surface area contributed by atoms with Gasteiger partial charge in [-0.2, -0.15) is 0 Å². The topological polar surface area (TPSA) is 64.2 Å². The van der Waals surface area contributed by atoms with E-state index in [0.717, 1.165) is 19.4 Å². The second kappa shape index (κ2) is 7.91. The largest absolute Gasteiger partial charge is 0.461 e. The standard InChI is InChI=1S/C18H24N4O2S/c1-4-9-21-17(15-6-5-10-24-15)19-20-18(21)25-12-16(23)22(11-13(2)3)14-7-8-14/h4-6,10,13-14H,1,7-9,11-12H2,2-3H3. The van der Waals surface area contributed by atoms with Crippen molar-refractivity contribution in [3.63, 3.8) is 0 Å². The Balaban J connectivity index is 1.70. The molecule has 1 fully saturated rings. The monoisotopic (exact) mass is 360 g/mol. The zero-order chi connectivity index (χ0) is 17.8. The fourth-order valence-electron chi connectivity index (χ4n) is 2.72. The Labute approximate surface area is 152 Å². The van der Waals surface area contributed by atoms with Crippen molar-refractivity contribution < 1.29 is 9.21 Å². The summed E-state index contributed by atoms with van der Waals surface area (Å²) in [5.74, 6) is 2.34. The van der Waals surface area contributed by atoms with Gasteiger partial charge in [-0.15, -0.1) is 16.8 Å². The summed E-state index contributed by atoms with van der Waals surface area (Å²) in [6, 6.07) is 4.10. The Bertz CT molecular complexity index is 720. The number of furan rings is 1. The molecule has 3 rings (SSSR count). The first-order chi connectivity index (χ1) is 12.1. The number of hydrogen-bond donors (Lipinski definition) is 0. The molecule has 1 aliphatic rings. The van der Waals surface area contributed by atoms with Crippen LogP contribution < -0.4 is 0 Å². The molecule has 0 spiro atoms. The summed E-state index contributed by atoms with van der Waals surface area (Å²) >= 11 is 1.42. The predicted octanol–water partition coefficient (Wildman–Crippen LogP) is 3.46. The van der Waals surface area contributed by atoms with Gasteiger partial charge in [-0.25, -0.2) is 0 Å². The van der Waals surface area contributed by atoms with Crippen LogP contribution in [0.3, 0.4) is 0 Å². The molecular weight excluding hydrogens is 336 g/mol. The summed E-state index contributed by atoms with van der Waals surface area (Å²) in [6.07, 6.45) is 5.64. The summed E-state index contributed by atoms with van der Waals surface area (Å²) in [4.78, 5) is 14.7. The maximum atomic E-state index is 12.6. The van der Waals surface area contributed by atoms with E-state index in [2.05, 4.69) is 30.6 Å². The molecule has 0 atom stereocenters. The third-order valence-electron chi connectivity index (χ3n) is 3.96. The summed E-state index contributed by atoms with van der Waals surface area (Å²) in [6.45, 7) is 9.47. The second-order valence-corrected chi connectivity index (χ2v) is 7.59. The van der Waals surface area contributed by atoms with Crippen molar-refractivity contribution in [2.75, 3.05) is 12.3 Å². The van der Waals surface area contributed by atoms with Crippen molar-refractivity contribution in [1.82, 2.24) is 19.7 Å². The van der Waals surface area contributed by atoms with Crippen molar-refractivity contribution in [3.8, 4) is 11.6 Å². The van der Waals surface area contributed by atoms with Crippen molar-refractivity contribution in [2.24, 2.45) is 5.92 Å². The van der Waals surface area contributed by atoms with Crippen molar-refractivity contribution in [3.05, 3.63) is 31.1 Å². The highest BCUT2D eigenvalue weighted by atomic mass is 32.2. The van der Waals surface area contributed by atoms with Gasteiger partial charge in [0.05, 0.1) is 12.0 Å². The number of allylic oxidation sites excluding steroid dienone is 1. The highest BCUT2D eigenvalue weighted by Crippen LogP contribution is 2.29. The zero-order valence-electron chi connectivity index (χ0n) is 14.7. The Morgan fingerprint density at radius 2 is 2.32 bits per heavy atom. The number of aromatic nitrogens is 3. The lowest BCUT2D eigenvalue weighted by atomic mass is 10.2. The number of rotatable bonds is 9. The average Bonchev–Trinajstić information content (AvgIpc) is 3.12. The van der Waals surface area contributed by atoms with Crippen LogP contribution >= 0.6 is 11.8 Å². The second-order valence-electron chi connectivity index (χ2n) is 6.64. The minimum absolute atomic E-state index is 0.175. The normalized spacial score (nSPS) is 14.0. The zero-order valence-corrected chi connectivity index (χ0v) is 15.5. The van der Waals surface area contributed by atoms with Crippen LogP contribution in [0.15, 0.2) is 40.6 Å². The molecule has 0 radical (unpaired) electrons. The van der Waals surface area contributed by atoms with E-state index in [4.69, 9.17) is 4.42 Å². The maximum absolute atomic E-state index is 12.6. The van der Waals surface area contributed by atoms with Crippen LogP contribution in [0.2, 0.25) is 0 Å². The number of hydrogen-bond acceptors (Lipinski definition) is 5. The third kappa shape index (κ3) is 4.34. The average molecular weight is 360 g/mol. The molecule has 0 N–H and O–H groups in total. The summed E-state index contributed by atoms with van der Waals surface area (Å²) < 4.78 is 7.35. The lowest BCUT2D eigenvalue weighted by Crippen LogP contribution is -2.37. The summed E-state index contributed by atoms with van der Waals surface area (Å²) in [5.41, 5.74) is 0. The van der Waals surface area contributed by atoms with Crippen molar-refractivity contribution in [2.45, 2.75) is 44.4 Å². The van der Waals surface area contributed by atoms with Gasteiger partial charge in [0.1, 0.15) is 0 Å². The fraction of sp³-hybridized carbons (Fsp3) is 0.500. The fourth-order valence-corrected chi connectivity index (χ4v) is 3.55. The molecule has 0 bridgehead atoms. The van der Waals surface area contributed by atoms with Gasteiger partial charge in [0, 0.05) is 19.1 Å². The predicted molar refractivity (Wildman–Crippen MR) is 98.2 cm³/mol. The third-order valence-corrected chi connectivity index (χ3v) is 4.92. The van der Waals surface area contributed by atoms with Gasteiger partial charge in [0.2, 0.25) is 11.7 Å². The van der Waals surface area contributed by atoms with Gasteiger partial charge in [0.15, 0.2) is 10.9 Å². The molecule has 25 heavy (non-hydrogen) atoms. The first kappa shape index (κ1) is 17.8. The Kier molecular flexibility index (Phi) is 5.63. The molecule has 0 unspecified atom stereocenters. The Morgan fingerprint density at radius 1 is 1.52 bits per heavy atom. The molecule has 0 aromatic carbocycles. The van der Waals surface area contributed by atoms with E-state index in [1.807, 2.05) is 21.6 Å². The molecule has 7 heteroatoms. The Morgan fingerprint density at radius 3 is 2.92 bits per heavy atom. The van der Waals surface area contributed by atoms with Gasteiger partial charge in [0.25, 0.3) is 0 Å². The van der Waals surface area contributed by atoms with E-state index in [-0.39, 0.29) is 5.91 Å². The molecule has 6 nitrogen and oxygen atoms in total. The molecule has 134 valence electrons. The van der Waals surface area contributed by atoms with Gasteiger partial charge in [-0.1, -0.05) is 31.7 Å². The molecule has 1 saturated carbocycles. The lowest BCUT2D eigenvalue weighted by Gasteiger charge is -2.24. The van der Waals surface area contributed by atoms with E-state index >= 15 is 0 Å². The Hall–Kier alpha value is -2.02. The van der Waals surface area contributed by atoms with E-state index < -0.39 is 0 Å². The molecule has 1 aliphatic carbocycles. The van der Waals surface area contributed by atoms with E-state index in [1.165, 1.54) is 11.8 Å². The van der Waals surface area contributed by atoms with E-state index in [1.54, 1.807) is 12.3 Å². The van der Waals surface area contributed by atoms with Crippen LogP contribution in [0.5, 0.6) is 0 Å². The molecule has 2 aromatic heterocycles. The van der Waals surface area contributed by atoms with E-state index in [9.17, 15) is 4.79 Å². The van der Waals surface area contributed by atoms with Gasteiger partial charge < -0.3 is 9.32 Å². The van der Waals surface area contributed by atoms with Crippen LogP contribution in [-0.4, -0.2) is 43.9 Å². The quantitative estimate of drug-likeness (QED) is 0.506. The number of nitrogens with zero attached hydrogens (tertiary/aromatic N) is 4. The number of carbonyl (C=O) groups is 1. The first-order valence-corrected chi connectivity index (χ1v) is 9.59. The molecule has 0 saturated heterocycles. The highest BCUT2D eigenvalue weighted by molar-refractivity contribution is 7.99. The van der Waals surface area contributed by atoms with Gasteiger partial charge >= 0.3 is 0 Å². The summed E-state index contributed by atoms with van der Waals surface area (Å²) in [5, 5.41) is 9.17. The molecule has 2 heterocycles.